The van der Waals surface area contributed by atoms with E-state index in [2.05, 4.69) is 44.3 Å². The Hall–Kier alpha value is -1.30. The minimum atomic E-state index is 1.05. The zero-order valence-corrected chi connectivity index (χ0v) is 8.92. The summed E-state index contributed by atoms with van der Waals surface area (Å²) in [6.45, 7) is 9.71. The van der Waals surface area contributed by atoms with E-state index in [4.69, 9.17) is 0 Å². The number of hydrogen-bond donors (Lipinski definition) is 0. The van der Waals surface area contributed by atoms with Gasteiger partial charge in [0.25, 0.3) is 0 Å². The van der Waals surface area contributed by atoms with Crippen LogP contribution < -0.4 is 0 Å². The highest BCUT2D eigenvalue weighted by atomic mass is 14.0. The molecule has 0 nitrogen and oxygen atoms in total. The van der Waals surface area contributed by atoms with Crippen molar-refractivity contribution in [1.29, 1.82) is 0 Å². The van der Waals surface area contributed by atoms with Crippen LogP contribution in [0.3, 0.4) is 0 Å². The van der Waals surface area contributed by atoms with Gasteiger partial charge >= 0.3 is 0 Å². The van der Waals surface area contributed by atoms with Crippen LogP contribution in [-0.4, -0.2) is 0 Å². The lowest BCUT2D eigenvalue weighted by Crippen LogP contribution is -1.86. The molecule has 0 spiro atoms. The highest BCUT2D eigenvalue weighted by Gasteiger charge is 1.93. The fourth-order valence-corrected chi connectivity index (χ4v) is 1.38. The number of rotatable bonds is 5. The van der Waals surface area contributed by atoms with Gasteiger partial charge in [0.2, 0.25) is 0 Å². The molecule has 0 bridgehead atoms. The second-order valence-corrected chi connectivity index (χ2v) is 3.70. The molecule has 1 aromatic rings. The van der Waals surface area contributed by atoms with Crippen LogP contribution in [0.25, 0.3) is 0 Å². The fraction of sp³-hybridized carbons (Fsp3) is 0.286. The lowest BCUT2D eigenvalue weighted by atomic mass is 10.0. The highest BCUT2D eigenvalue weighted by Crippen LogP contribution is 2.10. The van der Waals surface area contributed by atoms with Crippen LogP contribution in [0.2, 0.25) is 0 Å². The van der Waals surface area contributed by atoms with E-state index in [0.717, 1.165) is 24.8 Å². The summed E-state index contributed by atoms with van der Waals surface area (Å²) >= 11 is 0. The summed E-state index contributed by atoms with van der Waals surface area (Å²) in [5, 5.41) is 0. The Kier molecular flexibility index (Phi) is 4.18. The van der Waals surface area contributed by atoms with Gasteiger partial charge < -0.3 is 0 Å². The molecule has 0 aliphatic heterocycles. The summed E-state index contributed by atoms with van der Waals surface area (Å²) in [6.07, 6.45) is 5.19. The average molecular weight is 186 g/mol. The standard InChI is InChI=1S/C14H18/c1-4-12(2)6-5-7-14-10-8-13(3)9-11-14/h4,8-11H,1-2,5-7H2,3H3. The molecule has 0 aliphatic carbocycles. The Morgan fingerprint density at radius 1 is 1.29 bits per heavy atom. The van der Waals surface area contributed by atoms with E-state index in [9.17, 15) is 0 Å². The Balaban J connectivity index is 2.35. The Bertz CT molecular complexity index is 303. The van der Waals surface area contributed by atoms with E-state index in [-0.39, 0.29) is 0 Å². The van der Waals surface area contributed by atoms with Crippen LogP contribution in [0, 0.1) is 6.92 Å². The van der Waals surface area contributed by atoms with Gasteiger partial charge in [0.15, 0.2) is 0 Å². The van der Waals surface area contributed by atoms with Crippen molar-refractivity contribution in [2.75, 3.05) is 0 Å². The molecule has 0 atom stereocenters. The third kappa shape index (κ3) is 3.61. The van der Waals surface area contributed by atoms with E-state index in [1.807, 2.05) is 6.08 Å². The van der Waals surface area contributed by atoms with Crippen molar-refractivity contribution in [2.24, 2.45) is 0 Å². The van der Waals surface area contributed by atoms with E-state index >= 15 is 0 Å². The molecule has 0 saturated heterocycles. The molecule has 0 unspecified atom stereocenters. The molecule has 0 heteroatoms. The first-order chi connectivity index (χ1) is 6.72. The summed E-state index contributed by atoms with van der Waals surface area (Å²) in [4.78, 5) is 0. The van der Waals surface area contributed by atoms with Crippen LogP contribution in [0.15, 0.2) is 49.1 Å². The molecule has 0 N–H and O–H groups in total. The van der Waals surface area contributed by atoms with Gasteiger partial charge in [-0.05, 0) is 31.7 Å². The highest BCUT2D eigenvalue weighted by molar-refractivity contribution is 5.21. The molecular weight excluding hydrogens is 168 g/mol. The summed E-state index contributed by atoms with van der Waals surface area (Å²) < 4.78 is 0. The fourth-order valence-electron chi connectivity index (χ4n) is 1.38. The first-order valence-electron chi connectivity index (χ1n) is 5.08. The first kappa shape index (κ1) is 10.8. The number of benzene rings is 1. The lowest BCUT2D eigenvalue weighted by molar-refractivity contribution is 0.825. The minimum Gasteiger partial charge on any atom is -0.0988 e. The Labute approximate surface area is 87.0 Å². The second-order valence-electron chi connectivity index (χ2n) is 3.70. The molecule has 1 rings (SSSR count). The van der Waals surface area contributed by atoms with Crippen LogP contribution in [-0.2, 0) is 6.42 Å². The van der Waals surface area contributed by atoms with Gasteiger partial charge in [-0.2, -0.15) is 0 Å². The van der Waals surface area contributed by atoms with Gasteiger partial charge in [-0.25, -0.2) is 0 Å². The third-order valence-corrected chi connectivity index (χ3v) is 2.37. The quantitative estimate of drug-likeness (QED) is 0.608. The molecule has 0 fully saturated rings. The first-order valence-corrected chi connectivity index (χ1v) is 5.08. The third-order valence-electron chi connectivity index (χ3n) is 2.37. The maximum Gasteiger partial charge on any atom is -0.0276 e. The monoisotopic (exact) mass is 186 g/mol. The summed E-state index contributed by atoms with van der Waals surface area (Å²) in [5.74, 6) is 0. The molecule has 0 aromatic heterocycles. The number of allylic oxidation sites excluding steroid dienone is 2. The van der Waals surface area contributed by atoms with Gasteiger partial charge in [0, 0.05) is 0 Å². The zero-order valence-electron chi connectivity index (χ0n) is 8.92. The molecule has 0 amide bonds. The molecule has 74 valence electrons. The molecule has 0 saturated carbocycles. The summed E-state index contributed by atoms with van der Waals surface area (Å²) in [6, 6.07) is 8.73. The minimum absolute atomic E-state index is 1.05. The SMILES string of the molecule is C=CC(=C)CCCc1ccc(C)cc1. The van der Waals surface area contributed by atoms with Crippen molar-refractivity contribution in [3.05, 3.63) is 60.2 Å². The number of aryl methyl sites for hydroxylation is 2. The summed E-state index contributed by atoms with van der Waals surface area (Å²) in [5.41, 5.74) is 3.87. The molecule has 14 heavy (non-hydrogen) atoms. The maximum atomic E-state index is 3.90. The summed E-state index contributed by atoms with van der Waals surface area (Å²) in [7, 11) is 0. The van der Waals surface area contributed by atoms with Gasteiger partial charge in [0.1, 0.15) is 0 Å². The van der Waals surface area contributed by atoms with E-state index in [1.54, 1.807) is 0 Å². The van der Waals surface area contributed by atoms with Crippen LogP contribution >= 0.6 is 0 Å². The molecular formula is C14H18. The predicted octanol–water partition coefficient (Wildman–Crippen LogP) is 4.06. The van der Waals surface area contributed by atoms with Crippen molar-refractivity contribution in [3.63, 3.8) is 0 Å². The number of hydrogen-bond acceptors (Lipinski definition) is 0. The van der Waals surface area contributed by atoms with E-state index < -0.39 is 0 Å². The lowest BCUT2D eigenvalue weighted by Gasteiger charge is -2.02. The van der Waals surface area contributed by atoms with Gasteiger partial charge in [-0.1, -0.05) is 54.6 Å². The molecule has 1 aromatic carbocycles. The van der Waals surface area contributed by atoms with Crippen molar-refractivity contribution < 1.29 is 0 Å². The molecule has 0 radical (unpaired) electrons. The smallest absolute Gasteiger partial charge is 0.0276 e. The van der Waals surface area contributed by atoms with Gasteiger partial charge in [-0.3, -0.25) is 0 Å². The van der Waals surface area contributed by atoms with Gasteiger partial charge in [0.05, 0.1) is 0 Å². The zero-order chi connectivity index (χ0) is 10.4. The van der Waals surface area contributed by atoms with Crippen molar-refractivity contribution >= 4 is 0 Å². The van der Waals surface area contributed by atoms with Crippen molar-refractivity contribution in [3.8, 4) is 0 Å². The molecule has 0 aliphatic rings. The van der Waals surface area contributed by atoms with Crippen molar-refractivity contribution in [1.82, 2.24) is 0 Å². The Morgan fingerprint density at radius 3 is 2.50 bits per heavy atom. The van der Waals surface area contributed by atoms with Crippen molar-refractivity contribution in [2.45, 2.75) is 26.2 Å². The average Bonchev–Trinajstić information content (AvgIpc) is 2.21. The van der Waals surface area contributed by atoms with Crippen LogP contribution in [0.4, 0.5) is 0 Å². The van der Waals surface area contributed by atoms with Crippen LogP contribution in [0.1, 0.15) is 24.0 Å². The predicted molar refractivity (Wildman–Crippen MR) is 63.5 cm³/mol. The normalized spacial score (nSPS) is 9.79. The van der Waals surface area contributed by atoms with E-state index in [1.165, 1.54) is 11.1 Å². The van der Waals surface area contributed by atoms with Crippen LogP contribution in [0.5, 0.6) is 0 Å². The maximum absolute atomic E-state index is 3.90. The van der Waals surface area contributed by atoms with Gasteiger partial charge in [-0.15, -0.1) is 0 Å². The molecule has 0 heterocycles. The second kappa shape index (κ2) is 5.43. The topological polar surface area (TPSA) is 0 Å². The largest absolute Gasteiger partial charge is 0.0988 e. The van der Waals surface area contributed by atoms with E-state index in [0.29, 0.717) is 0 Å². The Morgan fingerprint density at radius 2 is 1.93 bits per heavy atom.